The maximum atomic E-state index is 12.3. The molecule has 1 aliphatic rings. The van der Waals surface area contributed by atoms with Gasteiger partial charge >= 0.3 is 0 Å². The normalized spacial score (nSPS) is 22.8. The monoisotopic (exact) mass is 278 g/mol. The van der Waals surface area contributed by atoms with E-state index in [1.807, 2.05) is 20.0 Å². The van der Waals surface area contributed by atoms with Gasteiger partial charge in [0.25, 0.3) is 5.91 Å². The predicted octanol–water partition coefficient (Wildman–Crippen LogP) is 1.63. The van der Waals surface area contributed by atoms with E-state index < -0.39 is 0 Å². The minimum Gasteiger partial charge on any atom is -0.348 e. The molecule has 5 heteroatoms. The van der Waals surface area contributed by atoms with Gasteiger partial charge in [0.2, 0.25) is 0 Å². The quantitative estimate of drug-likeness (QED) is 0.860. The lowest BCUT2D eigenvalue weighted by Gasteiger charge is -2.29. The molecule has 1 aromatic heterocycles. The van der Waals surface area contributed by atoms with Crippen LogP contribution in [0.5, 0.6) is 0 Å². The Hall–Kier alpha value is -1.36. The van der Waals surface area contributed by atoms with Gasteiger partial charge in [-0.25, -0.2) is 0 Å². The van der Waals surface area contributed by atoms with Crippen LogP contribution in [0.25, 0.3) is 0 Å². The average molecular weight is 278 g/mol. The Bertz CT molecular complexity index is 447. The smallest absolute Gasteiger partial charge is 0.269 e. The van der Waals surface area contributed by atoms with E-state index in [1.165, 1.54) is 0 Å². The van der Waals surface area contributed by atoms with Crippen LogP contribution < -0.4 is 10.6 Å². The Morgan fingerprint density at radius 2 is 1.95 bits per heavy atom. The van der Waals surface area contributed by atoms with Gasteiger partial charge < -0.3 is 10.6 Å². The topological polar surface area (TPSA) is 58.9 Å². The number of nitrogens with one attached hydrogen (secondary N) is 2. The second-order valence-electron chi connectivity index (χ2n) is 5.58. The Balaban J connectivity index is 1.87. The minimum atomic E-state index is 0.00611. The van der Waals surface area contributed by atoms with Crippen LogP contribution in [0.2, 0.25) is 0 Å². The largest absolute Gasteiger partial charge is 0.348 e. The number of aromatic nitrogens is 2. The first kappa shape index (κ1) is 15.0. The van der Waals surface area contributed by atoms with E-state index in [1.54, 1.807) is 4.68 Å². The molecule has 0 radical (unpaired) electrons. The lowest BCUT2D eigenvalue weighted by Crippen LogP contribution is -2.42. The van der Waals surface area contributed by atoms with Crippen molar-refractivity contribution in [3.63, 3.8) is 0 Å². The second kappa shape index (κ2) is 6.88. The van der Waals surface area contributed by atoms with E-state index >= 15 is 0 Å². The molecule has 0 saturated heterocycles. The molecule has 1 aromatic rings. The number of carbonyl (C=O) groups excluding carboxylic acids is 1. The Kier molecular flexibility index (Phi) is 5.17. The van der Waals surface area contributed by atoms with Crippen molar-refractivity contribution < 1.29 is 4.79 Å². The summed E-state index contributed by atoms with van der Waals surface area (Å²) in [4.78, 5) is 12.3. The van der Waals surface area contributed by atoms with Crippen LogP contribution in [0.4, 0.5) is 0 Å². The highest BCUT2D eigenvalue weighted by molar-refractivity contribution is 5.92. The molecule has 5 nitrogen and oxygen atoms in total. The minimum absolute atomic E-state index is 0.00611. The molecule has 1 fully saturated rings. The molecule has 0 bridgehead atoms. The molecule has 1 aliphatic carbocycles. The number of carbonyl (C=O) groups is 1. The lowest BCUT2D eigenvalue weighted by atomic mass is 9.91. The van der Waals surface area contributed by atoms with Crippen LogP contribution in [-0.4, -0.2) is 34.3 Å². The SMILES string of the molecule is CCNC1CCC(NC(=O)c2cc(CC)nn2C)CC1. The molecular weight excluding hydrogens is 252 g/mol. The summed E-state index contributed by atoms with van der Waals surface area (Å²) in [6, 6.07) is 2.81. The molecule has 2 N–H and O–H groups in total. The third-order valence-electron chi connectivity index (χ3n) is 4.08. The van der Waals surface area contributed by atoms with Crippen molar-refractivity contribution in [3.05, 3.63) is 17.5 Å². The molecule has 1 saturated carbocycles. The number of hydrogen-bond acceptors (Lipinski definition) is 3. The zero-order valence-corrected chi connectivity index (χ0v) is 12.8. The van der Waals surface area contributed by atoms with Crippen molar-refractivity contribution in [2.75, 3.05) is 6.54 Å². The molecule has 0 unspecified atom stereocenters. The van der Waals surface area contributed by atoms with Gasteiger partial charge in [0, 0.05) is 19.1 Å². The summed E-state index contributed by atoms with van der Waals surface area (Å²) in [5, 5.41) is 11.0. The number of rotatable bonds is 5. The fraction of sp³-hybridized carbons (Fsp3) is 0.733. The van der Waals surface area contributed by atoms with Crippen molar-refractivity contribution in [1.29, 1.82) is 0 Å². The summed E-state index contributed by atoms with van der Waals surface area (Å²) in [5.74, 6) is 0.00611. The molecule has 0 aliphatic heterocycles. The fourth-order valence-electron chi connectivity index (χ4n) is 2.90. The van der Waals surface area contributed by atoms with Gasteiger partial charge in [-0.05, 0) is 44.7 Å². The zero-order valence-electron chi connectivity index (χ0n) is 12.8. The lowest BCUT2D eigenvalue weighted by molar-refractivity contribution is 0.0915. The molecule has 20 heavy (non-hydrogen) atoms. The van der Waals surface area contributed by atoms with Crippen molar-refractivity contribution >= 4 is 5.91 Å². The molecule has 0 aromatic carbocycles. The van der Waals surface area contributed by atoms with Gasteiger partial charge in [0.05, 0.1) is 5.69 Å². The fourth-order valence-corrected chi connectivity index (χ4v) is 2.90. The summed E-state index contributed by atoms with van der Waals surface area (Å²) in [6.45, 7) is 5.21. The highest BCUT2D eigenvalue weighted by Gasteiger charge is 2.23. The van der Waals surface area contributed by atoms with E-state index in [9.17, 15) is 4.79 Å². The molecule has 0 atom stereocenters. The van der Waals surface area contributed by atoms with Crippen molar-refractivity contribution in [2.45, 2.75) is 58.0 Å². The average Bonchev–Trinajstić information content (AvgIpc) is 2.83. The zero-order chi connectivity index (χ0) is 14.5. The van der Waals surface area contributed by atoms with Crippen LogP contribution in [0, 0.1) is 0 Å². The third kappa shape index (κ3) is 3.60. The van der Waals surface area contributed by atoms with Gasteiger partial charge in [-0.2, -0.15) is 5.10 Å². The molecule has 2 rings (SSSR count). The number of aryl methyl sites for hydroxylation is 2. The summed E-state index contributed by atoms with van der Waals surface area (Å²) in [7, 11) is 1.83. The van der Waals surface area contributed by atoms with Crippen molar-refractivity contribution in [3.8, 4) is 0 Å². The molecule has 1 heterocycles. The van der Waals surface area contributed by atoms with Gasteiger partial charge in [-0.15, -0.1) is 0 Å². The Morgan fingerprint density at radius 1 is 1.30 bits per heavy atom. The van der Waals surface area contributed by atoms with Crippen LogP contribution in [0.3, 0.4) is 0 Å². The van der Waals surface area contributed by atoms with Crippen LogP contribution in [-0.2, 0) is 13.5 Å². The number of hydrogen-bond donors (Lipinski definition) is 2. The Labute approximate surface area is 121 Å². The Morgan fingerprint density at radius 3 is 2.50 bits per heavy atom. The number of nitrogens with zero attached hydrogens (tertiary/aromatic N) is 2. The molecule has 0 spiro atoms. The highest BCUT2D eigenvalue weighted by atomic mass is 16.2. The van der Waals surface area contributed by atoms with E-state index in [-0.39, 0.29) is 5.91 Å². The van der Waals surface area contributed by atoms with Gasteiger partial charge in [0.15, 0.2) is 0 Å². The van der Waals surface area contributed by atoms with E-state index in [0.29, 0.717) is 17.8 Å². The molecule has 1 amide bonds. The molecule has 112 valence electrons. The summed E-state index contributed by atoms with van der Waals surface area (Å²) in [5.41, 5.74) is 1.63. The maximum absolute atomic E-state index is 12.3. The van der Waals surface area contributed by atoms with Crippen LogP contribution in [0.1, 0.15) is 55.7 Å². The first-order valence-corrected chi connectivity index (χ1v) is 7.71. The first-order valence-electron chi connectivity index (χ1n) is 7.71. The summed E-state index contributed by atoms with van der Waals surface area (Å²) >= 11 is 0. The summed E-state index contributed by atoms with van der Waals surface area (Å²) in [6.07, 6.45) is 5.26. The van der Waals surface area contributed by atoms with E-state index in [2.05, 4.69) is 22.7 Å². The van der Waals surface area contributed by atoms with Crippen molar-refractivity contribution in [2.24, 2.45) is 7.05 Å². The first-order chi connectivity index (χ1) is 9.63. The van der Waals surface area contributed by atoms with Crippen molar-refractivity contribution in [1.82, 2.24) is 20.4 Å². The summed E-state index contributed by atoms with van der Waals surface area (Å²) < 4.78 is 1.68. The second-order valence-corrected chi connectivity index (χ2v) is 5.58. The third-order valence-corrected chi connectivity index (χ3v) is 4.08. The predicted molar refractivity (Wildman–Crippen MR) is 79.8 cm³/mol. The van der Waals surface area contributed by atoms with Crippen LogP contribution >= 0.6 is 0 Å². The number of amides is 1. The van der Waals surface area contributed by atoms with Crippen LogP contribution in [0.15, 0.2) is 6.07 Å². The maximum Gasteiger partial charge on any atom is 0.269 e. The molecular formula is C15H26N4O. The van der Waals surface area contributed by atoms with E-state index in [4.69, 9.17) is 0 Å². The van der Waals surface area contributed by atoms with Gasteiger partial charge in [0.1, 0.15) is 5.69 Å². The van der Waals surface area contributed by atoms with Gasteiger partial charge in [-0.3, -0.25) is 9.48 Å². The van der Waals surface area contributed by atoms with Gasteiger partial charge in [-0.1, -0.05) is 13.8 Å². The standard InChI is InChI=1S/C15H26N4O/c1-4-11-10-14(19(3)18-11)15(20)17-13-8-6-12(7-9-13)16-5-2/h10,12-13,16H,4-9H2,1-3H3,(H,17,20). The highest BCUT2D eigenvalue weighted by Crippen LogP contribution is 2.19. The van der Waals surface area contributed by atoms with E-state index in [0.717, 1.165) is 44.3 Å².